The van der Waals surface area contributed by atoms with Crippen molar-refractivity contribution in [3.05, 3.63) is 59.7 Å². The first kappa shape index (κ1) is 19.7. The van der Waals surface area contributed by atoms with Crippen LogP contribution in [-0.4, -0.2) is 18.2 Å². The van der Waals surface area contributed by atoms with Crippen LogP contribution in [0, 0.1) is 5.92 Å². The van der Waals surface area contributed by atoms with Crippen molar-refractivity contribution in [3.63, 3.8) is 0 Å². The van der Waals surface area contributed by atoms with Crippen molar-refractivity contribution in [1.29, 1.82) is 0 Å². The molecule has 4 heteroatoms. The first-order valence-electron chi connectivity index (χ1n) is 10.00. The summed E-state index contributed by atoms with van der Waals surface area (Å²) in [6.07, 6.45) is 2.64. The van der Waals surface area contributed by atoms with Crippen LogP contribution < -0.4 is 15.5 Å². The third-order valence-corrected chi connectivity index (χ3v) is 5.49. The molecule has 144 valence electrons. The zero-order valence-corrected chi connectivity index (χ0v) is 17.5. The van der Waals surface area contributed by atoms with E-state index in [4.69, 9.17) is 12.2 Å². The van der Waals surface area contributed by atoms with E-state index in [0.29, 0.717) is 11.0 Å². The molecule has 2 aromatic rings. The molecule has 0 saturated carbocycles. The van der Waals surface area contributed by atoms with Crippen molar-refractivity contribution in [2.24, 2.45) is 5.92 Å². The lowest BCUT2D eigenvalue weighted by molar-refractivity contribution is 0.447. The van der Waals surface area contributed by atoms with E-state index in [9.17, 15) is 0 Å². The fourth-order valence-corrected chi connectivity index (χ4v) is 3.75. The van der Waals surface area contributed by atoms with E-state index >= 15 is 0 Å². The second-order valence-corrected chi connectivity index (χ2v) is 8.35. The Hall–Kier alpha value is -2.07. The highest BCUT2D eigenvalue weighted by molar-refractivity contribution is 7.80. The van der Waals surface area contributed by atoms with Crippen molar-refractivity contribution in [2.45, 2.75) is 46.1 Å². The van der Waals surface area contributed by atoms with Gasteiger partial charge in [-0.05, 0) is 72.3 Å². The third kappa shape index (κ3) is 5.70. The predicted molar refractivity (Wildman–Crippen MR) is 121 cm³/mol. The van der Waals surface area contributed by atoms with Crippen LogP contribution in [-0.2, 0) is 6.54 Å². The first-order valence-corrected chi connectivity index (χ1v) is 10.4. The molecule has 0 aromatic heterocycles. The maximum atomic E-state index is 5.43. The zero-order valence-electron chi connectivity index (χ0n) is 16.7. The molecule has 0 aliphatic carbocycles. The minimum absolute atomic E-state index is 0.542. The Kier molecular flexibility index (Phi) is 6.73. The van der Waals surface area contributed by atoms with E-state index in [-0.39, 0.29) is 0 Å². The molecule has 3 nitrogen and oxygen atoms in total. The summed E-state index contributed by atoms with van der Waals surface area (Å²) in [7, 11) is 0. The summed E-state index contributed by atoms with van der Waals surface area (Å²) in [6, 6.07) is 17.3. The second kappa shape index (κ2) is 9.23. The van der Waals surface area contributed by atoms with Gasteiger partial charge in [0.25, 0.3) is 0 Å². The molecule has 0 spiro atoms. The van der Waals surface area contributed by atoms with Crippen LogP contribution in [0.2, 0.25) is 0 Å². The van der Waals surface area contributed by atoms with Gasteiger partial charge in [0.2, 0.25) is 0 Å². The van der Waals surface area contributed by atoms with E-state index in [0.717, 1.165) is 18.2 Å². The van der Waals surface area contributed by atoms with Crippen molar-refractivity contribution in [2.75, 3.05) is 23.3 Å². The summed E-state index contributed by atoms with van der Waals surface area (Å²) in [4.78, 5) is 2.50. The number of rotatable bonds is 5. The highest BCUT2D eigenvalue weighted by Crippen LogP contribution is 2.23. The standard InChI is InChI=1S/C23H31N3S/c1-17(2)20-8-10-21(11-9-20)25-23(27)24-15-19-6-12-22(13-7-19)26-14-4-5-18(3)16-26/h6-13,17-18H,4-5,14-16H2,1-3H3,(H2,24,25,27)/t18-/m0/s1. The number of benzene rings is 2. The van der Waals surface area contributed by atoms with Gasteiger partial charge >= 0.3 is 0 Å². The molecule has 2 aromatic carbocycles. The smallest absolute Gasteiger partial charge is 0.171 e. The fourth-order valence-electron chi connectivity index (χ4n) is 3.56. The van der Waals surface area contributed by atoms with Gasteiger partial charge in [0.15, 0.2) is 5.11 Å². The van der Waals surface area contributed by atoms with Crippen LogP contribution in [0.5, 0.6) is 0 Å². The molecule has 2 N–H and O–H groups in total. The van der Waals surface area contributed by atoms with Crippen LogP contribution in [0.4, 0.5) is 11.4 Å². The lowest BCUT2D eigenvalue weighted by Gasteiger charge is -2.32. The fraction of sp³-hybridized carbons (Fsp3) is 0.435. The molecule has 1 atom stereocenters. The van der Waals surface area contributed by atoms with Gasteiger partial charge in [0, 0.05) is 31.0 Å². The van der Waals surface area contributed by atoms with E-state index in [1.165, 1.54) is 42.7 Å². The van der Waals surface area contributed by atoms with Crippen molar-refractivity contribution in [1.82, 2.24) is 5.32 Å². The van der Waals surface area contributed by atoms with E-state index in [1.54, 1.807) is 0 Å². The average Bonchev–Trinajstić information content (AvgIpc) is 2.67. The zero-order chi connectivity index (χ0) is 19.2. The van der Waals surface area contributed by atoms with E-state index < -0.39 is 0 Å². The molecular weight excluding hydrogens is 350 g/mol. The quantitative estimate of drug-likeness (QED) is 0.666. The Morgan fingerprint density at radius 3 is 2.44 bits per heavy atom. The lowest BCUT2D eigenvalue weighted by atomic mass is 9.99. The molecule has 3 rings (SSSR count). The summed E-state index contributed by atoms with van der Waals surface area (Å²) in [5.41, 5.74) is 4.92. The minimum atomic E-state index is 0.542. The Bertz CT molecular complexity index is 737. The molecular formula is C23H31N3S. The predicted octanol–water partition coefficient (Wildman–Crippen LogP) is 5.53. The number of nitrogens with zero attached hydrogens (tertiary/aromatic N) is 1. The summed E-state index contributed by atoms with van der Waals surface area (Å²) in [5, 5.41) is 7.21. The summed E-state index contributed by atoms with van der Waals surface area (Å²) < 4.78 is 0. The minimum Gasteiger partial charge on any atom is -0.371 e. The molecule has 1 aliphatic rings. The van der Waals surface area contributed by atoms with E-state index in [1.807, 2.05) is 0 Å². The SMILES string of the molecule is CC(C)c1ccc(NC(=S)NCc2ccc(N3CCC[C@H](C)C3)cc2)cc1. The van der Waals surface area contributed by atoms with Gasteiger partial charge < -0.3 is 15.5 Å². The van der Waals surface area contributed by atoms with Gasteiger partial charge in [-0.1, -0.05) is 45.0 Å². The van der Waals surface area contributed by atoms with Gasteiger partial charge in [0.05, 0.1) is 0 Å². The topological polar surface area (TPSA) is 27.3 Å². The van der Waals surface area contributed by atoms with E-state index in [2.05, 4.69) is 84.8 Å². The van der Waals surface area contributed by atoms with Crippen molar-refractivity contribution >= 4 is 28.7 Å². The molecule has 1 heterocycles. The number of hydrogen-bond acceptors (Lipinski definition) is 2. The molecule has 1 fully saturated rings. The van der Waals surface area contributed by atoms with Gasteiger partial charge in [-0.2, -0.15) is 0 Å². The van der Waals surface area contributed by atoms with Crippen LogP contribution >= 0.6 is 12.2 Å². The van der Waals surface area contributed by atoms with Crippen LogP contribution in [0.1, 0.15) is 50.7 Å². The Labute approximate surface area is 169 Å². The molecule has 0 bridgehead atoms. The summed E-state index contributed by atoms with van der Waals surface area (Å²) in [6.45, 7) is 9.81. The van der Waals surface area contributed by atoms with Crippen LogP contribution in [0.3, 0.4) is 0 Å². The number of anilines is 2. The van der Waals surface area contributed by atoms with Crippen LogP contribution in [0.15, 0.2) is 48.5 Å². The largest absolute Gasteiger partial charge is 0.371 e. The highest BCUT2D eigenvalue weighted by Gasteiger charge is 2.16. The van der Waals surface area contributed by atoms with Gasteiger partial charge in [-0.15, -0.1) is 0 Å². The monoisotopic (exact) mass is 381 g/mol. The Balaban J connectivity index is 1.48. The molecule has 1 saturated heterocycles. The first-order chi connectivity index (χ1) is 13.0. The number of thiocarbonyl (C=S) groups is 1. The molecule has 27 heavy (non-hydrogen) atoms. The maximum Gasteiger partial charge on any atom is 0.171 e. The second-order valence-electron chi connectivity index (χ2n) is 7.94. The number of piperidine rings is 1. The summed E-state index contributed by atoms with van der Waals surface area (Å²) >= 11 is 5.43. The van der Waals surface area contributed by atoms with Crippen LogP contribution in [0.25, 0.3) is 0 Å². The molecule has 0 radical (unpaired) electrons. The highest BCUT2D eigenvalue weighted by atomic mass is 32.1. The Morgan fingerprint density at radius 1 is 1.11 bits per heavy atom. The van der Waals surface area contributed by atoms with Gasteiger partial charge in [-0.25, -0.2) is 0 Å². The average molecular weight is 382 g/mol. The Morgan fingerprint density at radius 2 is 1.81 bits per heavy atom. The number of nitrogens with one attached hydrogen (secondary N) is 2. The molecule has 0 unspecified atom stereocenters. The van der Waals surface area contributed by atoms with Gasteiger partial charge in [-0.3, -0.25) is 0 Å². The molecule has 1 aliphatic heterocycles. The maximum absolute atomic E-state index is 5.43. The lowest BCUT2D eigenvalue weighted by Crippen LogP contribution is -2.34. The van der Waals surface area contributed by atoms with Gasteiger partial charge in [0.1, 0.15) is 0 Å². The van der Waals surface area contributed by atoms with Crippen molar-refractivity contribution < 1.29 is 0 Å². The third-order valence-electron chi connectivity index (χ3n) is 5.25. The normalized spacial score (nSPS) is 17.0. The molecule has 0 amide bonds. The number of hydrogen-bond donors (Lipinski definition) is 2. The van der Waals surface area contributed by atoms with Crippen molar-refractivity contribution in [3.8, 4) is 0 Å². The summed E-state index contributed by atoms with van der Waals surface area (Å²) in [5.74, 6) is 1.33.